The standard InChI is InChI=1S/C13H20N2O3/c1-16-12-5-10(14)11(6-13(12)17-2)15-7-9-3-4-18-8-9/h5-6,9,15H,3-4,7-8,14H2,1-2H3. The van der Waals surface area contributed by atoms with E-state index in [4.69, 9.17) is 19.9 Å². The first kappa shape index (κ1) is 12.8. The largest absolute Gasteiger partial charge is 0.493 e. The Morgan fingerprint density at radius 3 is 2.67 bits per heavy atom. The van der Waals surface area contributed by atoms with Crippen molar-refractivity contribution < 1.29 is 14.2 Å². The smallest absolute Gasteiger partial charge is 0.162 e. The molecule has 1 saturated heterocycles. The normalized spacial score (nSPS) is 18.7. The molecule has 1 fully saturated rings. The van der Waals surface area contributed by atoms with Gasteiger partial charge in [-0.05, 0) is 6.42 Å². The molecule has 0 saturated carbocycles. The van der Waals surface area contributed by atoms with Gasteiger partial charge in [-0.2, -0.15) is 0 Å². The zero-order valence-corrected chi connectivity index (χ0v) is 10.9. The van der Waals surface area contributed by atoms with Gasteiger partial charge >= 0.3 is 0 Å². The molecule has 5 nitrogen and oxygen atoms in total. The van der Waals surface area contributed by atoms with E-state index in [2.05, 4.69) is 5.32 Å². The maximum atomic E-state index is 5.98. The molecule has 0 bridgehead atoms. The highest BCUT2D eigenvalue weighted by atomic mass is 16.5. The van der Waals surface area contributed by atoms with Crippen molar-refractivity contribution in [1.29, 1.82) is 0 Å². The third-order valence-electron chi connectivity index (χ3n) is 3.16. The Morgan fingerprint density at radius 2 is 2.06 bits per heavy atom. The van der Waals surface area contributed by atoms with E-state index in [-0.39, 0.29) is 0 Å². The van der Waals surface area contributed by atoms with Crippen LogP contribution in [0.4, 0.5) is 11.4 Å². The Balaban J connectivity index is 2.06. The second-order valence-corrected chi connectivity index (χ2v) is 4.40. The molecule has 100 valence electrons. The number of rotatable bonds is 5. The topological polar surface area (TPSA) is 65.7 Å². The fourth-order valence-corrected chi connectivity index (χ4v) is 2.05. The lowest BCUT2D eigenvalue weighted by molar-refractivity contribution is 0.187. The predicted molar refractivity (Wildman–Crippen MR) is 71.4 cm³/mol. The molecule has 3 N–H and O–H groups in total. The number of hydrogen-bond donors (Lipinski definition) is 2. The average Bonchev–Trinajstić information content (AvgIpc) is 2.90. The van der Waals surface area contributed by atoms with Gasteiger partial charge in [0.25, 0.3) is 0 Å². The van der Waals surface area contributed by atoms with Crippen LogP contribution in [0.3, 0.4) is 0 Å². The molecular formula is C13H20N2O3. The molecule has 0 aliphatic carbocycles. The summed E-state index contributed by atoms with van der Waals surface area (Å²) in [6, 6.07) is 3.64. The molecule has 0 aromatic heterocycles. The van der Waals surface area contributed by atoms with E-state index in [1.807, 2.05) is 6.07 Å². The van der Waals surface area contributed by atoms with Gasteiger partial charge in [0.1, 0.15) is 0 Å². The number of hydrogen-bond acceptors (Lipinski definition) is 5. The molecule has 18 heavy (non-hydrogen) atoms. The van der Waals surface area contributed by atoms with Crippen LogP contribution in [-0.4, -0.2) is 34.0 Å². The minimum atomic E-state index is 0.553. The summed E-state index contributed by atoms with van der Waals surface area (Å²) in [6.45, 7) is 2.54. The molecule has 1 heterocycles. The van der Waals surface area contributed by atoms with Crippen LogP contribution in [0, 0.1) is 5.92 Å². The van der Waals surface area contributed by atoms with Gasteiger partial charge in [-0.25, -0.2) is 0 Å². The zero-order valence-electron chi connectivity index (χ0n) is 10.9. The first-order valence-corrected chi connectivity index (χ1v) is 6.07. The molecule has 0 spiro atoms. The Hall–Kier alpha value is -1.62. The van der Waals surface area contributed by atoms with Crippen molar-refractivity contribution in [2.75, 3.05) is 45.0 Å². The predicted octanol–water partition coefficient (Wildman–Crippen LogP) is 1.73. The van der Waals surface area contributed by atoms with Gasteiger partial charge in [0.15, 0.2) is 11.5 Å². The molecule has 1 aliphatic rings. The van der Waals surface area contributed by atoms with Gasteiger partial charge < -0.3 is 25.3 Å². The highest BCUT2D eigenvalue weighted by molar-refractivity contribution is 5.72. The summed E-state index contributed by atoms with van der Waals surface area (Å²) in [7, 11) is 3.21. The van der Waals surface area contributed by atoms with E-state index in [0.717, 1.165) is 31.9 Å². The number of anilines is 2. The van der Waals surface area contributed by atoms with Crippen molar-refractivity contribution in [3.8, 4) is 11.5 Å². The van der Waals surface area contributed by atoms with Gasteiger partial charge in [-0.15, -0.1) is 0 Å². The van der Waals surface area contributed by atoms with Crippen molar-refractivity contribution in [1.82, 2.24) is 0 Å². The first-order valence-electron chi connectivity index (χ1n) is 6.07. The van der Waals surface area contributed by atoms with Gasteiger partial charge in [-0.1, -0.05) is 0 Å². The molecule has 1 atom stereocenters. The lowest BCUT2D eigenvalue weighted by Gasteiger charge is -2.15. The van der Waals surface area contributed by atoms with E-state index in [1.54, 1.807) is 20.3 Å². The van der Waals surface area contributed by atoms with Crippen LogP contribution < -0.4 is 20.5 Å². The highest BCUT2D eigenvalue weighted by Gasteiger charge is 2.16. The second-order valence-electron chi connectivity index (χ2n) is 4.40. The average molecular weight is 252 g/mol. The van der Waals surface area contributed by atoms with Gasteiger partial charge in [0.05, 0.1) is 32.2 Å². The molecule has 1 aliphatic heterocycles. The van der Waals surface area contributed by atoms with Crippen molar-refractivity contribution in [3.63, 3.8) is 0 Å². The van der Waals surface area contributed by atoms with Crippen LogP contribution in [0.15, 0.2) is 12.1 Å². The number of nitrogen functional groups attached to an aromatic ring is 1. The number of benzene rings is 1. The summed E-state index contributed by atoms with van der Waals surface area (Å²) in [5.41, 5.74) is 7.51. The minimum absolute atomic E-state index is 0.553. The maximum Gasteiger partial charge on any atom is 0.162 e. The summed E-state index contributed by atoms with van der Waals surface area (Å²) in [5.74, 6) is 1.87. The summed E-state index contributed by atoms with van der Waals surface area (Å²) >= 11 is 0. The maximum absolute atomic E-state index is 5.98. The van der Waals surface area contributed by atoms with E-state index in [0.29, 0.717) is 23.1 Å². The number of ether oxygens (including phenoxy) is 3. The molecule has 0 radical (unpaired) electrons. The van der Waals surface area contributed by atoms with Crippen LogP contribution in [0.25, 0.3) is 0 Å². The summed E-state index contributed by atoms with van der Waals surface area (Å²) in [5, 5.41) is 3.34. The molecule has 0 amide bonds. The third kappa shape index (κ3) is 2.79. The second kappa shape index (κ2) is 5.82. The summed E-state index contributed by atoms with van der Waals surface area (Å²) in [6.07, 6.45) is 1.10. The Morgan fingerprint density at radius 1 is 1.33 bits per heavy atom. The minimum Gasteiger partial charge on any atom is -0.493 e. The Kier molecular flexibility index (Phi) is 4.15. The van der Waals surface area contributed by atoms with Crippen LogP contribution in [0.5, 0.6) is 11.5 Å². The van der Waals surface area contributed by atoms with Crippen LogP contribution in [0.2, 0.25) is 0 Å². The lowest BCUT2D eigenvalue weighted by atomic mass is 10.1. The highest BCUT2D eigenvalue weighted by Crippen LogP contribution is 2.34. The molecule has 1 aromatic carbocycles. The van der Waals surface area contributed by atoms with E-state index < -0.39 is 0 Å². The molecular weight excluding hydrogens is 232 g/mol. The van der Waals surface area contributed by atoms with Crippen LogP contribution >= 0.6 is 0 Å². The van der Waals surface area contributed by atoms with E-state index in [1.165, 1.54) is 0 Å². The number of nitrogens with two attached hydrogens (primary N) is 1. The van der Waals surface area contributed by atoms with Gasteiger partial charge in [0.2, 0.25) is 0 Å². The number of methoxy groups -OCH3 is 2. The molecule has 5 heteroatoms. The summed E-state index contributed by atoms with van der Waals surface area (Å²) in [4.78, 5) is 0. The lowest BCUT2D eigenvalue weighted by Crippen LogP contribution is -2.15. The first-order chi connectivity index (χ1) is 8.74. The fraction of sp³-hybridized carbons (Fsp3) is 0.538. The monoisotopic (exact) mass is 252 g/mol. The van der Waals surface area contributed by atoms with Crippen LogP contribution in [0.1, 0.15) is 6.42 Å². The molecule has 1 aromatic rings. The number of nitrogens with one attached hydrogen (secondary N) is 1. The van der Waals surface area contributed by atoms with Crippen LogP contribution in [-0.2, 0) is 4.74 Å². The van der Waals surface area contributed by atoms with Gasteiger partial charge in [-0.3, -0.25) is 0 Å². The third-order valence-corrected chi connectivity index (χ3v) is 3.16. The zero-order chi connectivity index (χ0) is 13.0. The van der Waals surface area contributed by atoms with E-state index in [9.17, 15) is 0 Å². The van der Waals surface area contributed by atoms with Crippen molar-refractivity contribution in [2.24, 2.45) is 5.92 Å². The molecule has 1 unspecified atom stereocenters. The van der Waals surface area contributed by atoms with Crippen molar-refractivity contribution >= 4 is 11.4 Å². The Labute approximate surface area is 107 Å². The van der Waals surface area contributed by atoms with Gasteiger partial charge in [0, 0.05) is 31.2 Å². The van der Waals surface area contributed by atoms with Crippen molar-refractivity contribution in [3.05, 3.63) is 12.1 Å². The fourth-order valence-electron chi connectivity index (χ4n) is 2.05. The SMILES string of the molecule is COc1cc(N)c(NCC2CCOC2)cc1OC. The molecule has 2 rings (SSSR count). The summed E-state index contributed by atoms with van der Waals surface area (Å²) < 4.78 is 15.8. The van der Waals surface area contributed by atoms with Crippen molar-refractivity contribution in [2.45, 2.75) is 6.42 Å². The Bertz CT molecular complexity index is 403. The quantitative estimate of drug-likeness (QED) is 0.781. The van der Waals surface area contributed by atoms with E-state index >= 15 is 0 Å².